The molecule has 3 rings (SSSR count). The predicted octanol–water partition coefficient (Wildman–Crippen LogP) is 4.76. The van der Waals surface area contributed by atoms with Crippen molar-refractivity contribution < 1.29 is 27.5 Å². The quantitative estimate of drug-likeness (QED) is 0.366. The zero-order chi connectivity index (χ0) is 27.5. The summed E-state index contributed by atoms with van der Waals surface area (Å²) in [5.41, 5.74) is 6.00. The van der Waals surface area contributed by atoms with E-state index < -0.39 is 35.7 Å². The Morgan fingerprint density at radius 1 is 1.24 bits per heavy atom. The van der Waals surface area contributed by atoms with Crippen LogP contribution >= 0.6 is 12.6 Å². The molecule has 12 heteroatoms. The van der Waals surface area contributed by atoms with E-state index in [9.17, 15) is 28.0 Å². The van der Waals surface area contributed by atoms with Gasteiger partial charge < -0.3 is 10.5 Å². The van der Waals surface area contributed by atoms with E-state index in [1.165, 1.54) is 19.1 Å². The first-order valence-corrected chi connectivity index (χ1v) is 11.7. The second kappa shape index (κ2) is 11.0. The highest BCUT2D eigenvalue weighted by molar-refractivity contribution is 7.80. The van der Waals surface area contributed by atoms with Crippen LogP contribution in [0.4, 0.5) is 23.7 Å². The summed E-state index contributed by atoms with van der Waals surface area (Å²) in [6.45, 7) is 1.45. The number of aryl methyl sites for hydroxylation is 1. The number of ether oxygens (including phenoxy) is 1. The van der Waals surface area contributed by atoms with Gasteiger partial charge in [-0.05, 0) is 67.0 Å². The molecular weight excluding hydrogens is 507 g/mol. The van der Waals surface area contributed by atoms with Crippen LogP contribution in [0.5, 0.6) is 0 Å². The number of rotatable bonds is 6. The molecule has 2 aromatic carbocycles. The zero-order valence-corrected chi connectivity index (χ0v) is 20.9. The van der Waals surface area contributed by atoms with E-state index in [-0.39, 0.29) is 17.0 Å². The standard InChI is InChI=1S/C25H24F3N5O3S/c1-14-20(22(34)36-2)21(19-9-8-15(13-29)11-16(19)5-4-10-37)33(24(31)35)23(30)32(14)18-7-3-6-17(12-18)25(26,27)28/h3,6-9,11-12,21,30,37H,4-5,10H2,1-2H3,(H2,31,35). The summed E-state index contributed by atoms with van der Waals surface area (Å²) < 4.78 is 45.2. The van der Waals surface area contributed by atoms with E-state index in [2.05, 4.69) is 12.6 Å². The molecule has 0 bridgehead atoms. The predicted molar refractivity (Wildman–Crippen MR) is 134 cm³/mol. The molecule has 1 atom stereocenters. The van der Waals surface area contributed by atoms with Gasteiger partial charge in [0, 0.05) is 11.4 Å². The van der Waals surface area contributed by atoms with Gasteiger partial charge in [-0.15, -0.1) is 0 Å². The molecule has 0 radical (unpaired) electrons. The average Bonchev–Trinajstić information content (AvgIpc) is 2.86. The minimum absolute atomic E-state index is 0.0863. The lowest BCUT2D eigenvalue weighted by Gasteiger charge is -2.43. The molecule has 2 aromatic rings. The first-order chi connectivity index (χ1) is 17.5. The lowest BCUT2D eigenvalue weighted by molar-refractivity contribution is -0.138. The first-order valence-electron chi connectivity index (χ1n) is 11.0. The van der Waals surface area contributed by atoms with E-state index in [4.69, 9.17) is 15.9 Å². The number of primary amides is 1. The van der Waals surface area contributed by atoms with E-state index in [1.807, 2.05) is 6.07 Å². The number of nitrogens with zero attached hydrogens (tertiary/aromatic N) is 3. The summed E-state index contributed by atoms with van der Waals surface area (Å²) in [5, 5.41) is 18.2. The Bertz CT molecular complexity index is 1320. The molecule has 1 heterocycles. The number of esters is 1. The minimum Gasteiger partial charge on any atom is -0.466 e. The number of hydrogen-bond acceptors (Lipinski definition) is 6. The van der Waals surface area contributed by atoms with Crippen LogP contribution in [-0.4, -0.2) is 35.7 Å². The highest BCUT2D eigenvalue weighted by Gasteiger charge is 2.44. The van der Waals surface area contributed by atoms with Crippen LogP contribution < -0.4 is 10.6 Å². The number of urea groups is 1. The fraction of sp³-hybridized carbons (Fsp3) is 0.280. The number of carbonyl (C=O) groups is 2. The molecule has 37 heavy (non-hydrogen) atoms. The Morgan fingerprint density at radius 2 is 1.95 bits per heavy atom. The van der Waals surface area contributed by atoms with Crippen LogP contribution in [0.25, 0.3) is 0 Å². The Morgan fingerprint density at radius 3 is 2.51 bits per heavy atom. The van der Waals surface area contributed by atoms with Crippen molar-refractivity contribution >= 4 is 36.3 Å². The highest BCUT2D eigenvalue weighted by atomic mass is 32.1. The monoisotopic (exact) mass is 531 g/mol. The number of hydrogen-bond donors (Lipinski definition) is 3. The number of thiol groups is 1. The van der Waals surface area contributed by atoms with Crippen molar-refractivity contribution in [1.82, 2.24) is 4.90 Å². The van der Waals surface area contributed by atoms with Crippen molar-refractivity contribution in [2.75, 3.05) is 17.8 Å². The number of alkyl halides is 3. The number of benzene rings is 2. The van der Waals surface area contributed by atoms with Gasteiger partial charge in [0.1, 0.15) is 6.04 Å². The summed E-state index contributed by atoms with van der Waals surface area (Å²) in [5.74, 6) is -0.882. The fourth-order valence-corrected chi connectivity index (χ4v) is 4.46. The largest absolute Gasteiger partial charge is 0.466 e. The summed E-state index contributed by atoms with van der Waals surface area (Å²) in [4.78, 5) is 27.7. The normalized spacial score (nSPS) is 16.0. The minimum atomic E-state index is -4.66. The number of nitriles is 1. The third kappa shape index (κ3) is 5.41. The molecule has 1 unspecified atom stereocenters. The number of halogens is 3. The van der Waals surface area contributed by atoms with E-state index in [0.29, 0.717) is 35.3 Å². The number of amides is 2. The van der Waals surface area contributed by atoms with Gasteiger partial charge in [-0.25, -0.2) is 9.59 Å². The van der Waals surface area contributed by atoms with Gasteiger partial charge >= 0.3 is 18.2 Å². The Kier molecular flexibility index (Phi) is 8.18. The third-order valence-electron chi connectivity index (χ3n) is 5.94. The number of nitrogens with two attached hydrogens (primary N) is 1. The van der Waals surface area contributed by atoms with Crippen LogP contribution in [0.1, 0.15) is 41.6 Å². The van der Waals surface area contributed by atoms with E-state index >= 15 is 0 Å². The van der Waals surface area contributed by atoms with Crippen molar-refractivity contribution in [3.05, 3.63) is 76.0 Å². The first kappa shape index (κ1) is 27.6. The summed E-state index contributed by atoms with van der Waals surface area (Å²) in [7, 11) is 1.13. The maximum Gasteiger partial charge on any atom is 0.416 e. The summed E-state index contributed by atoms with van der Waals surface area (Å²) >= 11 is 4.23. The number of methoxy groups -OCH3 is 1. The van der Waals surface area contributed by atoms with Crippen LogP contribution in [0.15, 0.2) is 53.7 Å². The molecule has 0 saturated carbocycles. The maximum atomic E-state index is 13.4. The molecule has 1 aliphatic heterocycles. The molecule has 0 spiro atoms. The Balaban J connectivity index is 2.33. The molecule has 1 aliphatic rings. The molecule has 0 saturated heterocycles. The molecule has 8 nitrogen and oxygen atoms in total. The Labute approximate surface area is 217 Å². The fourth-order valence-electron chi connectivity index (χ4n) is 4.30. The summed E-state index contributed by atoms with van der Waals surface area (Å²) in [6, 6.07) is 8.57. The van der Waals surface area contributed by atoms with Crippen LogP contribution in [-0.2, 0) is 22.1 Å². The molecule has 0 aliphatic carbocycles. The van der Waals surface area contributed by atoms with Gasteiger partial charge in [-0.1, -0.05) is 12.1 Å². The van der Waals surface area contributed by atoms with Gasteiger partial charge in [0.05, 0.1) is 29.9 Å². The molecule has 194 valence electrons. The van der Waals surface area contributed by atoms with Crippen molar-refractivity contribution in [2.45, 2.75) is 32.0 Å². The second-order valence-electron chi connectivity index (χ2n) is 8.16. The van der Waals surface area contributed by atoms with Crippen LogP contribution in [0, 0.1) is 16.7 Å². The lowest BCUT2D eigenvalue weighted by Crippen LogP contribution is -2.55. The lowest BCUT2D eigenvalue weighted by atomic mass is 9.87. The second-order valence-corrected chi connectivity index (χ2v) is 8.61. The highest BCUT2D eigenvalue weighted by Crippen LogP contribution is 2.42. The van der Waals surface area contributed by atoms with Gasteiger partial charge in [-0.2, -0.15) is 31.1 Å². The molecule has 2 amide bonds. The van der Waals surface area contributed by atoms with Crippen LogP contribution in [0.3, 0.4) is 0 Å². The number of anilines is 1. The molecule has 0 aromatic heterocycles. The van der Waals surface area contributed by atoms with E-state index in [0.717, 1.165) is 35.1 Å². The van der Waals surface area contributed by atoms with Gasteiger partial charge in [-0.3, -0.25) is 15.2 Å². The van der Waals surface area contributed by atoms with Crippen molar-refractivity contribution in [2.24, 2.45) is 5.73 Å². The topological polar surface area (TPSA) is 124 Å². The van der Waals surface area contributed by atoms with Gasteiger partial charge in [0.2, 0.25) is 5.96 Å². The van der Waals surface area contributed by atoms with Crippen molar-refractivity contribution in [3.8, 4) is 6.07 Å². The third-order valence-corrected chi connectivity index (χ3v) is 6.26. The average molecular weight is 532 g/mol. The van der Waals surface area contributed by atoms with Crippen molar-refractivity contribution in [1.29, 1.82) is 10.7 Å². The maximum absolute atomic E-state index is 13.4. The zero-order valence-electron chi connectivity index (χ0n) is 20.0. The van der Waals surface area contributed by atoms with Crippen molar-refractivity contribution in [3.63, 3.8) is 0 Å². The SMILES string of the molecule is COC(=O)C1=C(C)N(c2cccc(C(F)(F)F)c2)C(=N)N(C(N)=O)C1c1ccc(C#N)cc1CCCS. The number of guanidine groups is 1. The number of carbonyl (C=O) groups excluding carboxylic acids is 2. The molecule has 3 N–H and O–H groups in total. The molecule has 0 fully saturated rings. The van der Waals surface area contributed by atoms with Crippen LogP contribution in [0.2, 0.25) is 0 Å². The van der Waals surface area contributed by atoms with Gasteiger partial charge in [0.25, 0.3) is 0 Å². The molecular formula is C25H24F3N5O3S. The number of allylic oxidation sites excluding steroid dienone is 1. The number of nitrogens with one attached hydrogen (secondary N) is 1. The Hall–Kier alpha value is -3.98. The van der Waals surface area contributed by atoms with Gasteiger partial charge in [0.15, 0.2) is 0 Å². The smallest absolute Gasteiger partial charge is 0.416 e. The summed E-state index contributed by atoms with van der Waals surface area (Å²) in [6.07, 6.45) is -3.61. The van der Waals surface area contributed by atoms with E-state index in [1.54, 1.807) is 12.1 Å².